The monoisotopic (exact) mass is 273 g/mol. The van der Waals surface area contributed by atoms with Crippen LogP contribution in [0.5, 0.6) is 11.5 Å². The molecule has 0 heterocycles. The molecule has 1 aliphatic rings. The predicted octanol–water partition coefficient (Wildman–Crippen LogP) is 3.13. The van der Waals surface area contributed by atoms with Gasteiger partial charge < -0.3 is 14.8 Å². The van der Waals surface area contributed by atoms with E-state index in [-0.39, 0.29) is 0 Å². The van der Waals surface area contributed by atoms with Crippen LogP contribution in [0.4, 0.5) is 0 Å². The number of hydrogen-bond acceptors (Lipinski definition) is 3. The van der Waals surface area contributed by atoms with E-state index in [4.69, 9.17) is 15.9 Å². The maximum atomic E-state index is 5.92. The Morgan fingerprint density at radius 2 is 2.20 bits per heavy atom. The number of para-hydroxylation sites is 1. The zero-order valence-electron chi connectivity index (χ0n) is 12.2. The van der Waals surface area contributed by atoms with Crippen LogP contribution in [0.25, 0.3) is 0 Å². The molecule has 1 aliphatic carbocycles. The van der Waals surface area contributed by atoms with Crippen molar-refractivity contribution >= 4 is 0 Å². The Morgan fingerprint density at radius 3 is 2.90 bits per heavy atom. The summed E-state index contributed by atoms with van der Waals surface area (Å²) in [4.78, 5) is 0. The first-order valence-electron chi connectivity index (χ1n) is 7.39. The maximum absolute atomic E-state index is 5.92. The topological polar surface area (TPSA) is 30.5 Å². The van der Waals surface area contributed by atoms with Crippen LogP contribution >= 0.6 is 0 Å². The van der Waals surface area contributed by atoms with Crippen molar-refractivity contribution in [1.82, 2.24) is 5.32 Å². The van der Waals surface area contributed by atoms with Gasteiger partial charge in [-0.25, -0.2) is 0 Å². The molecular weight excluding hydrogens is 250 g/mol. The van der Waals surface area contributed by atoms with Crippen molar-refractivity contribution in [3.8, 4) is 23.8 Å². The van der Waals surface area contributed by atoms with E-state index in [1.165, 1.54) is 12.8 Å². The van der Waals surface area contributed by atoms with Gasteiger partial charge in [0.15, 0.2) is 11.5 Å². The van der Waals surface area contributed by atoms with Crippen molar-refractivity contribution in [3.05, 3.63) is 23.8 Å². The van der Waals surface area contributed by atoms with E-state index in [1.807, 2.05) is 19.1 Å². The number of benzene rings is 1. The lowest BCUT2D eigenvalue weighted by Crippen LogP contribution is -2.16. The van der Waals surface area contributed by atoms with Crippen molar-refractivity contribution in [3.63, 3.8) is 0 Å². The average molecular weight is 273 g/mol. The van der Waals surface area contributed by atoms with Gasteiger partial charge in [0.05, 0.1) is 13.2 Å². The van der Waals surface area contributed by atoms with Crippen LogP contribution in [0.3, 0.4) is 0 Å². The Hall–Kier alpha value is -1.66. The van der Waals surface area contributed by atoms with Crippen molar-refractivity contribution in [2.45, 2.75) is 45.2 Å². The molecule has 20 heavy (non-hydrogen) atoms. The second-order valence-electron chi connectivity index (χ2n) is 4.99. The molecule has 1 N–H and O–H groups in total. The van der Waals surface area contributed by atoms with E-state index in [0.717, 1.165) is 36.4 Å². The first-order valence-corrected chi connectivity index (χ1v) is 7.39. The SMILES string of the molecule is C#CCCCOc1c(CNC2CC2)cccc1OCC. The largest absolute Gasteiger partial charge is 0.490 e. The summed E-state index contributed by atoms with van der Waals surface area (Å²) in [6.07, 6.45) is 9.44. The summed E-state index contributed by atoms with van der Waals surface area (Å²) in [5, 5.41) is 3.52. The van der Waals surface area contributed by atoms with E-state index in [9.17, 15) is 0 Å². The van der Waals surface area contributed by atoms with Gasteiger partial charge in [-0.15, -0.1) is 12.3 Å². The van der Waals surface area contributed by atoms with Gasteiger partial charge in [0.1, 0.15) is 0 Å². The lowest BCUT2D eigenvalue weighted by molar-refractivity contribution is 0.271. The Balaban J connectivity index is 2.02. The number of ether oxygens (including phenoxy) is 2. The fourth-order valence-electron chi connectivity index (χ4n) is 2.02. The minimum absolute atomic E-state index is 0.630. The molecule has 0 amide bonds. The number of nitrogens with one attached hydrogen (secondary N) is 1. The normalized spacial score (nSPS) is 13.8. The van der Waals surface area contributed by atoms with Crippen LogP contribution in [0, 0.1) is 12.3 Å². The van der Waals surface area contributed by atoms with E-state index in [1.54, 1.807) is 0 Å². The molecule has 1 aromatic carbocycles. The number of unbranched alkanes of at least 4 members (excludes halogenated alkanes) is 1. The van der Waals surface area contributed by atoms with Crippen LogP contribution in [0.1, 0.15) is 38.2 Å². The highest BCUT2D eigenvalue weighted by molar-refractivity contribution is 5.46. The van der Waals surface area contributed by atoms with Gasteiger partial charge in [0, 0.05) is 24.6 Å². The van der Waals surface area contributed by atoms with Gasteiger partial charge >= 0.3 is 0 Å². The molecule has 1 fully saturated rings. The van der Waals surface area contributed by atoms with Gasteiger partial charge in [0.2, 0.25) is 0 Å². The van der Waals surface area contributed by atoms with E-state index in [2.05, 4.69) is 17.3 Å². The van der Waals surface area contributed by atoms with E-state index in [0.29, 0.717) is 19.3 Å². The fourth-order valence-corrected chi connectivity index (χ4v) is 2.02. The molecule has 0 spiro atoms. The number of terminal acetylenes is 1. The van der Waals surface area contributed by atoms with Crippen molar-refractivity contribution in [2.75, 3.05) is 13.2 Å². The van der Waals surface area contributed by atoms with Crippen LogP contribution < -0.4 is 14.8 Å². The molecule has 3 nitrogen and oxygen atoms in total. The first-order chi connectivity index (χ1) is 9.85. The quantitative estimate of drug-likeness (QED) is 0.554. The predicted molar refractivity (Wildman–Crippen MR) is 81.0 cm³/mol. The summed E-state index contributed by atoms with van der Waals surface area (Å²) in [6.45, 7) is 4.08. The Bertz CT molecular complexity index is 461. The van der Waals surface area contributed by atoms with Gasteiger partial charge in [-0.05, 0) is 32.3 Å². The van der Waals surface area contributed by atoms with Crippen LogP contribution in [-0.2, 0) is 6.54 Å². The van der Waals surface area contributed by atoms with Crippen LogP contribution in [0.15, 0.2) is 18.2 Å². The van der Waals surface area contributed by atoms with Crippen molar-refractivity contribution < 1.29 is 9.47 Å². The fraction of sp³-hybridized carbons (Fsp3) is 0.529. The molecule has 1 aromatic rings. The van der Waals surface area contributed by atoms with E-state index < -0.39 is 0 Å². The summed E-state index contributed by atoms with van der Waals surface area (Å²) in [5.74, 6) is 4.32. The third-order valence-corrected chi connectivity index (χ3v) is 3.23. The molecule has 0 atom stereocenters. The Kier molecular flexibility index (Phi) is 5.76. The molecule has 0 aliphatic heterocycles. The van der Waals surface area contributed by atoms with Gasteiger partial charge in [-0.1, -0.05) is 12.1 Å². The lowest BCUT2D eigenvalue weighted by atomic mass is 10.2. The minimum Gasteiger partial charge on any atom is -0.490 e. The number of rotatable bonds is 9. The highest BCUT2D eigenvalue weighted by Crippen LogP contribution is 2.32. The average Bonchev–Trinajstić information content (AvgIpc) is 3.27. The molecule has 3 heteroatoms. The Labute approximate surface area is 121 Å². The van der Waals surface area contributed by atoms with Gasteiger partial charge in [-0.2, -0.15) is 0 Å². The molecule has 0 unspecified atom stereocenters. The summed E-state index contributed by atoms with van der Waals surface area (Å²) >= 11 is 0. The maximum Gasteiger partial charge on any atom is 0.165 e. The summed E-state index contributed by atoms with van der Waals surface area (Å²) in [7, 11) is 0. The van der Waals surface area contributed by atoms with Crippen LogP contribution in [-0.4, -0.2) is 19.3 Å². The molecule has 2 rings (SSSR count). The second kappa shape index (κ2) is 7.81. The van der Waals surface area contributed by atoms with Gasteiger partial charge in [-0.3, -0.25) is 0 Å². The molecular formula is C17H23NO2. The third-order valence-electron chi connectivity index (χ3n) is 3.23. The zero-order chi connectivity index (χ0) is 14.2. The third kappa shape index (κ3) is 4.47. The molecule has 0 saturated heterocycles. The number of hydrogen-bond donors (Lipinski definition) is 1. The summed E-state index contributed by atoms with van der Waals surface area (Å²) in [5.41, 5.74) is 1.16. The van der Waals surface area contributed by atoms with Crippen LogP contribution in [0.2, 0.25) is 0 Å². The Morgan fingerprint density at radius 1 is 1.35 bits per heavy atom. The molecule has 0 aromatic heterocycles. The van der Waals surface area contributed by atoms with Crippen molar-refractivity contribution in [2.24, 2.45) is 0 Å². The zero-order valence-corrected chi connectivity index (χ0v) is 12.2. The standard InChI is InChI=1S/C17H23NO2/c1-3-5-6-12-20-17-14(13-18-15-10-11-15)8-7-9-16(17)19-4-2/h1,7-9,15,18H,4-6,10-13H2,2H3. The highest BCUT2D eigenvalue weighted by atomic mass is 16.5. The molecule has 0 bridgehead atoms. The molecule has 108 valence electrons. The van der Waals surface area contributed by atoms with E-state index >= 15 is 0 Å². The molecule has 0 radical (unpaired) electrons. The van der Waals surface area contributed by atoms with Crippen molar-refractivity contribution in [1.29, 1.82) is 0 Å². The minimum atomic E-state index is 0.630. The summed E-state index contributed by atoms with van der Waals surface area (Å²) in [6, 6.07) is 6.75. The molecule has 1 saturated carbocycles. The highest BCUT2D eigenvalue weighted by Gasteiger charge is 2.21. The second-order valence-corrected chi connectivity index (χ2v) is 4.99. The smallest absolute Gasteiger partial charge is 0.165 e. The summed E-state index contributed by atoms with van der Waals surface area (Å²) < 4.78 is 11.6. The first kappa shape index (κ1) is 14.7. The lowest BCUT2D eigenvalue weighted by Gasteiger charge is -2.16. The van der Waals surface area contributed by atoms with Gasteiger partial charge in [0.25, 0.3) is 0 Å².